The number of aryl methyl sites for hydroxylation is 1. The van der Waals surface area contributed by atoms with Crippen molar-refractivity contribution in [2.24, 2.45) is 0 Å². The third kappa shape index (κ3) is 4.23. The van der Waals surface area contributed by atoms with Gasteiger partial charge >= 0.3 is 0 Å². The van der Waals surface area contributed by atoms with E-state index >= 15 is 0 Å². The highest BCUT2D eigenvalue weighted by molar-refractivity contribution is 6.04. The molecule has 0 spiro atoms. The normalized spacial score (nSPS) is 13.8. The lowest BCUT2D eigenvalue weighted by molar-refractivity contribution is 0.0946. The Kier molecular flexibility index (Phi) is 6.25. The van der Waals surface area contributed by atoms with Crippen LogP contribution in [0.1, 0.15) is 63.6 Å². The minimum Gasteiger partial charge on any atom is -0.383 e. The number of hydrogen-bond donors (Lipinski definition) is 3. The molecule has 0 unspecified atom stereocenters. The minimum atomic E-state index is -0.240. The number of carbonyl (C=O) groups is 2. The van der Waals surface area contributed by atoms with Crippen LogP contribution in [0, 0.1) is 6.92 Å². The third-order valence-corrected chi connectivity index (χ3v) is 6.14. The first-order chi connectivity index (χ1) is 15.5. The van der Waals surface area contributed by atoms with Gasteiger partial charge in [-0.05, 0) is 37.0 Å². The van der Waals surface area contributed by atoms with Gasteiger partial charge in [0.05, 0.1) is 6.04 Å². The molecular weight excluding hydrogens is 402 g/mol. The second kappa shape index (κ2) is 9.26. The molecular formula is C25H29N5O2. The Morgan fingerprint density at radius 3 is 2.41 bits per heavy atom. The molecule has 1 heterocycles. The molecule has 4 rings (SSSR count). The molecule has 1 fully saturated rings. The van der Waals surface area contributed by atoms with Crippen molar-refractivity contribution in [1.29, 1.82) is 0 Å². The van der Waals surface area contributed by atoms with Gasteiger partial charge in [-0.1, -0.05) is 55.3 Å². The SMILES string of the molecule is CNC(=O)c1c(-c2ccc(CNC(=O)c3ccccc3C)cc2)nn(C2CCCC2)c1N. The molecule has 0 radical (unpaired) electrons. The highest BCUT2D eigenvalue weighted by Gasteiger charge is 2.27. The fourth-order valence-corrected chi connectivity index (χ4v) is 4.31. The summed E-state index contributed by atoms with van der Waals surface area (Å²) in [6.07, 6.45) is 4.35. The molecule has 1 aromatic heterocycles. The molecule has 166 valence electrons. The van der Waals surface area contributed by atoms with Gasteiger partial charge in [0.1, 0.15) is 17.1 Å². The first-order valence-corrected chi connectivity index (χ1v) is 11.0. The average molecular weight is 432 g/mol. The maximum absolute atomic E-state index is 12.6. The summed E-state index contributed by atoms with van der Waals surface area (Å²) in [7, 11) is 1.60. The smallest absolute Gasteiger partial charge is 0.257 e. The summed E-state index contributed by atoms with van der Waals surface area (Å²) >= 11 is 0. The second-order valence-corrected chi connectivity index (χ2v) is 8.27. The Morgan fingerprint density at radius 1 is 1.06 bits per heavy atom. The van der Waals surface area contributed by atoms with Crippen LogP contribution < -0.4 is 16.4 Å². The maximum Gasteiger partial charge on any atom is 0.257 e. The van der Waals surface area contributed by atoms with E-state index in [1.807, 2.05) is 60.1 Å². The molecule has 7 heteroatoms. The minimum absolute atomic E-state index is 0.0999. The van der Waals surface area contributed by atoms with Crippen molar-refractivity contribution < 1.29 is 9.59 Å². The van der Waals surface area contributed by atoms with Crippen molar-refractivity contribution in [3.05, 3.63) is 70.8 Å². The summed E-state index contributed by atoms with van der Waals surface area (Å²) in [5, 5.41) is 10.4. The number of anilines is 1. The van der Waals surface area contributed by atoms with E-state index in [0.717, 1.165) is 42.4 Å². The van der Waals surface area contributed by atoms with E-state index in [4.69, 9.17) is 10.8 Å². The quantitative estimate of drug-likeness (QED) is 0.552. The summed E-state index contributed by atoms with van der Waals surface area (Å²) in [5.41, 5.74) is 10.8. The first-order valence-electron chi connectivity index (χ1n) is 11.0. The largest absolute Gasteiger partial charge is 0.383 e. The predicted octanol–water partition coefficient (Wildman–Crippen LogP) is 3.85. The van der Waals surface area contributed by atoms with Crippen molar-refractivity contribution in [1.82, 2.24) is 20.4 Å². The van der Waals surface area contributed by atoms with Crippen LogP contribution in [0.2, 0.25) is 0 Å². The fraction of sp³-hybridized carbons (Fsp3) is 0.320. The van der Waals surface area contributed by atoms with Gasteiger partial charge in [0.15, 0.2) is 0 Å². The summed E-state index contributed by atoms with van der Waals surface area (Å²) in [5.74, 6) is 0.0781. The molecule has 32 heavy (non-hydrogen) atoms. The van der Waals surface area contributed by atoms with E-state index in [1.54, 1.807) is 7.05 Å². The van der Waals surface area contributed by atoms with Crippen LogP contribution >= 0.6 is 0 Å². The van der Waals surface area contributed by atoms with Gasteiger partial charge in [-0.15, -0.1) is 0 Å². The Bertz CT molecular complexity index is 1130. The van der Waals surface area contributed by atoms with Crippen LogP contribution in [0.3, 0.4) is 0 Å². The lowest BCUT2D eigenvalue weighted by atomic mass is 10.0. The molecule has 4 N–H and O–H groups in total. The van der Waals surface area contributed by atoms with E-state index < -0.39 is 0 Å². The van der Waals surface area contributed by atoms with Crippen LogP contribution in [0.25, 0.3) is 11.3 Å². The standard InChI is InChI=1S/C25H29N5O2/c1-16-7-3-6-10-20(16)24(31)28-15-17-11-13-18(14-12-17)22-21(25(32)27-2)23(26)30(29-22)19-8-4-5-9-19/h3,6-7,10-14,19H,4-5,8-9,15,26H2,1-2H3,(H,27,32)(H,28,31). The molecule has 7 nitrogen and oxygen atoms in total. The zero-order chi connectivity index (χ0) is 22.7. The summed E-state index contributed by atoms with van der Waals surface area (Å²) < 4.78 is 1.82. The number of nitrogens with one attached hydrogen (secondary N) is 2. The van der Waals surface area contributed by atoms with Crippen LogP contribution in [-0.2, 0) is 6.54 Å². The molecule has 3 aromatic rings. The van der Waals surface area contributed by atoms with Gasteiger partial charge in [-0.25, -0.2) is 4.68 Å². The zero-order valence-electron chi connectivity index (χ0n) is 18.5. The Hall–Kier alpha value is -3.61. The second-order valence-electron chi connectivity index (χ2n) is 8.27. The number of carbonyl (C=O) groups excluding carboxylic acids is 2. The molecule has 1 aliphatic carbocycles. The van der Waals surface area contributed by atoms with Gasteiger partial charge in [0, 0.05) is 24.7 Å². The topological polar surface area (TPSA) is 102 Å². The highest BCUT2D eigenvalue weighted by Crippen LogP contribution is 2.35. The third-order valence-electron chi connectivity index (χ3n) is 6.14. The Labute approximate surface area is 188 Å². The Morgan fingerprint density at radius 2 is 1.75 bits per heavy atom. The molecule has 0 bridgehead atoms. The molecule has 1 aliphatic rings. The van der Waals surface area contributed by atoms with E-state index in [0.29, 0.717) is 29.2 Å². The van der Waals surface area contributed by atoms with E-state index in [1.165, 1.54) is 0 Å². The number of amides is 2. The fourth-order valence-electron chi connectivity index (χ4n) is 4.31. The number of benzene rings is 2. The van der Waals surface area contributed by atoms with Gasteiger partial charge in [0.2, 0.25) is 0 Å². The number of nitrogens with zero attached hydrogens (tertiary/aromatic N) is 2. The molecule has 0 saturated heterocycles. The van der Waals surface area contributed by atoms with Gasteiger partial charge < -0.3 is 16.4 Å². The van der Waals surface area contributed by atoms with E-state index in [2.05, 4.69) is 10.6 Å². The summed E-state index contributed by atoms with van der Waals surface area (Å²) in [6, 6.07) is 15.5. The first kappa shape index (κ1) is 21.6. The molecule has 2 amide bonds. The van der Waals surface area contributed by atoms with Gasteiger partial charge in [-0.3, -0.25) is 9.59 Å². The number of rotatable bonds is 6. The van der Waals surface area contributed by atoms with Crippen molar-refractivity contribution >= 4 is 17.6 Å². The molecule has 0 aliphatic heterocycles. The van der Waals surface area contributed by atoms with Crippen molar-refractivity contribution in [2.45, 2.75) is 45.2 Å². The number of nitrogens with two attached hydrogens (primary N) is 1. The van der Waals surface area contributed by atoms with Crippen LogP contribution in [0.15, 0.2) is 48.5 Å². The lowest BCUT2D eigenvalue weighted by Gasteiger charge is -2.11. The Balaban J connectivity index is 1.54. The van der Waals surface area contributed by atoms with Crippen LogP contribution in [0.5, 0.6) is 0 Å². The predicted molar refractivity (Wildman–Crippen MR) is 125 cm³/mol. The highest BCUT2D eigenvalue weighted by atomic mass is 16.2. The molecule has 1 saturated carbocycles. The average Bonchev–Trinajstić information content (AvgIpc) is 3.45. The van der Waals surface area contributed by atoms with E-state index in [-0.39, 0.29) is 17.9 Å². The zero-order valence-corrected chi connectivity index (χ0v) is 18.5. The van der Waals surface area contributed by atoms with Crippen molar-refractivity contribution in [3.8, 4) is 11.3 Å². The summed E-state index contributed by atoms with van der Waals surface area (Å²) in [4.78, 5) is 25.0. The molecule has 0 atom stereocenters. The van der Waals surface area contributed by atoms with Crippen molar-refractivity contribution in [2.75, 3.05) is 12.8 Å². The van der Waals surface area contributed by atoms with Gasteiger partial charge in [0.25, 0.3) is 11.8 Å². The monoisotopic (exact) mass is 431 g/mol. The van der Waals surface area contributed by atoms with Crippen LogP contribution in [0.4, 0.5) is 5.82 Å². The maximum atomic E-state index is 12.6. The summed E-state index contributed by atoms with van der Waals surface area (Å²) in [6.45, 7) is 2.33. The molecule has 2 aromatic carbocycles. The van der Waals surface area contributed by atoms with E-state index in [9.17, 15) is 9.59 Å². The number of nitrogen functional groups attached to an aromatic ring is 1. The number of hydrogen-bond acceptors (Lipinski definition) is 4. The van der Waals surface area contributed by atoms with Crippen LogP contribution in [-0.4, -0.2) is 28.6 Å². The number of aromatic nitrogens is 2. The lowest BCUT2D eigenvalue weighted by Crippen LogP contribution is -2.23. The van der Waals surface area contributed by atoms with Crippen molar-refractivity contribution in [3.63, 3.8) is 0 Å². The van der Waals surface area contributed by atoms with Gasteiger partial charge in [-0.2, -0.15) is 5.10 Å².